The van der Waals surface area contributed by atoms with Gasteiger partial charge in [0.2, 0.25) is 5.91 Å². The smallest absolute Gasteiger partial charge is 0.320 e. The lowest BCUT2D eigenvalue weighted by Crippen LogP contribution is -2.32. The van der Waals surface area contributed by atoms with Crippen LogP contribution in [0.25, 0.3) is 0 Å². The van der Waals surface area contributed by atoms with Crippen molar-refractivity contribution in [2.45, 2.75) is 19.4 Å². The van der Waals surface area contributed by atoms with Gasteiger partial charge in [0.25, 0.3) is 0 Å². The summed E-state index contributed by atoms with van der Waals surface area (Å²) in [6.45, 7) is 1.38. The number of nitrogens with zero attached hydrogens (tertiary/aromatic N) is 1. The number of aliphatic carboxylic acids is 1. The molecule has 0 saturated carbocycles. The third-order valence-corrected chi connectivity index (χ3v) is 1.90. The number of carbonyl (C=O) groups excluding carboxylic acids is 1. The molecule has 0 spiro atoms. The predicted octanol–water partition coefficient (Wildman–Crippen LogP) is -0.00560. The highest BCUT2D eigenvalue weighted by Crippen LogP contribution is 2.06. The van der Waals surface area contributed by atoms with Crippen molar-refractivity contribution in [1.29, 1.82) is 0 Å². The molecule has 6 nitrogen and oxygen atoms in total. The Bertz CT molecular complexity index is 389. The number of hydrogen-bond donors (Lipinski definition) is 3. The van der Waals surface area contributed by atoms with Gasteiger partial charge in [0.1, 0.15) is 11.9 Å². The first-order valence-corrected chi connectivity index (χ1v) is 4.70. The third kappa shape index (κ3) is 3.66. The Labute approximate surface area is 92.5 Å². The molecule has 4 N–H and O–H groups in total. The van der Waals surface area contributed by atoms with E-state index in [-0.39, 0.29) is 12.3 Å². The zero-order chi connectivity index (χ0) is 12.1. The van der Waals surface area contributed by atoms with E-state index in [4.69, 9.17) is 10.8 Å². The van der Waals surface area contributed by atoms with E-state index in [0.29, 0.717) is 11.4 Å². The van der Waals surface area contributed by atoms with Crippen molar-refractivity contribution in [3.05, 3.63) is 23.9 Å². The minimum atomic E-state index is -1.05. The maximum Gasteiger partial charge on any atom is 0.320 e. The molecule has 1 unspecified atom stereocenters. The van der Waals surface area contributed by atoms with Crippen LogP contribution in [0.4, 0.5) is 5.82 Å². The van der Waals surface area contributed by atoms with Gasteiger partial charge in [-0.25, -0.2) is 4.98 Å². The number of hydrogen-bond acceptors (Lipinski definition) is 4. The Balaban J connectivity index is 2.64. The number of nitrogens with one attached hydrogen (secondary N) is 1. The number of aromatic nitrogens is 1. The largest absolute Gasteiger partial charge is 0.480 e. The van der Waals surface area contributed by atoms with Crippen LogP contribution in [0.5, 0.6) is 0 Å². The molecule has 0 aliphatic heterocycles. The van der Waals surface area contributed by atoms with Gasteiger partial charge in [0.05, 0.1) is 0 Å². The molecule has 16 heavy (non-hydrogen) atoms. The van der Waals surface area contributed by atoms with Gasteiger partial charge in [-0.05, 0) is 18.1 Å². The van der Waals surface area contributed by atoms with E-state index < -0.39 is 12.0 Å². The number of amides is 1. The van der Waals surface area contributed by atoms with E-state index in [2.05, 4.69) is 10.3 Å². The van der Waals surface area contributed by atoms with Crippen LogP contribution < -0.4 is 11.1 Å². The van der Waals surface area contributed by atoms with Crippen LogP contribution in [-0.2, 0) is 16.0 Å². The number of carboxylic acid groups (broad SMARTS) is 1. The zero-order valence-electron chi connectivity index (χ0n) is 8.80. The topological polar surface area (TPSA) is 105 Å². The molecule has 0 aromatic carbocycles. The number of nitrogens with two attached hydrogens (primary N) is 1. The van der Waals surface area contributed by atoms with Gasteiger partial charge in [0.15, 0.2) is 0 Å². The third-order valence-electron chi connectivity index (χ3n) is 1.90. The lowest BCUT2D eigenvalue weighted by Gasteiger charge is -2.06. The molecule has 0 aliphatic carbocycles. The van der Waals surface area contributed by atoms with Gasteiger partial charge < -0.3 is 16.2 Å². The van der Waals surface area contributed by atoms with Crippen LogP contribution in [0, 0.1) is 0 Å². The number of carboxylic acids is 1. The second kappa shape index (κ2) is 5.22. The fraction of sp³-hybridized carbons (Fsp3) is 0.300. The van der Waals surface area contributed by atoms with Crippen molar-refractivity contribution in [2.75, 3.05) is 5.32 Å². The molecule has 1 atom stereocenters. The van der Waals surface area contributed by atoms with E-state index in [9.17, 15) is 9.59 Å². The Morgan fingerprint density at radius 2 is 2.25 bits per heavy atom. The summed E-state index contributed by atoms with van der Waals surface area (Å²) in [5.41, 5.74) is 6.08. The molecule has 0 aliphatic rings. The van der Waals surface area contributed by atoms with Crippen LogP contribution in [0.2, 0.25) is 0 Å². The van der Waals surface area contributed by atoms with Crippen molar-refractivity contribution in [2.24, 2.45) is 5.73 Å². The number of pyridine rings is 1. The molecule has 1 aromatic rings. The lowest BCUT2D eigenvalue weighted by molar-refractivity contribution is -0.138. The van der Waals surface area contributed by atoms with Gasteiger partial charge in [-0.1, -0.05) is 6.07 Å². The quantitative estimate of drug-likeness (QED) is 0.666. The summed E-state index contributed by atoms with van der Waals surface area (Å²) in [6, 6.07) is 2.35. The first-order valence-electron chi connectivity index (χ1n) is 4.70. The van der Waals surface area contributed by atoms with Crippen LogP contribution >= 0.6 is 0 Å². The summed E-state index contributed by atoms with van der Waals surface area (Å²) in [5, 5.41) is 11.1. The molecule has 6 heteroatoms. The Morgan fingerprint density at radius 1 is 1.56 bits per heavy atom. The van der Waals surface area contributed by atoms with Gasteiger partial charge in [-0.15, -0.1) is 0 Å². The van der Waals surface area contributed by atoms with E-state index in [0.717, 1.165) is 0 Å². The van der Waals surface area contributed by atoms with E-state index in [1.807, 2.05) is 0 Å². The molecule has 86 valence electrons. The summed E-state index contributed by atoms with van der Waals surface area (Å²) in [4.78, 5) is 25.2. The summed E-state index contributed by atoms with van der Waals surface area (Å²) in [5.74, 6) is -0.825. The standard InChI is InChI=1S/C10H13N3O3/c1-6(14)13-9-3-2-7(5-12-9)4-8(11)10(15)16/h2-3,5,8H,4,11H2,1H3,(H,15,16)(H,12,13,14). The molecule has 0 saturated heterocycles. The van der Waals surface area contributed by atoms with Crippen LogP contribution in [0.15, 0.2) is 18.3 Å². The number of carbonyl (C=O) groups is 2. The number of rotatable bonds is 4. The predicted molar refractivity (Wildman–Crippen MR) is 57.9 cm³/mol. The summed E-state index contributed by atoms with van der Waals surface area (Å²) in [7, 11) is 0. The molecular weight excluding hydrogens is 210 g/mol. The van der Waals surface area contributed by atoms with Crippen molar-refractivity contribution >= 4 is 17.7 Å². The first kappa shape index (κ1) is 12.1. The Kier molecular flexibility index (Phi) is 3.96. The second-order valence-corrected chi connectivity index (χ2v) is 3.38. The highest BCUT2D eigenvalue weighted by molar-refractivity contribution is 5.87. The van der Waals surface area contributed by atoms with E-state index in [1.54, 1.807) is 12.1 Å². The molecule has 1 aromatic heterocycles. The van der Waals surface area contributed by atoms with E-state index >= 15 is 0 Å². The molecule has 0 radical (unpaired) electrons. The van der Waals surface area contributed by atoms with Crippen LogP contribution in [0.1, 0.15) is 12.5 Å². The maximum absolute atomic E-state index is 10.7. The lowest BCUT2D eigenvalue weighted by atomic mass is 10.1. The SMILES string of the molecule is CC(=O)Nc1ccc(CC(N)C(=O)O)cn1. The Morgan fingerprint density at radius 3 is 2.69 bits per heavy atom. The summed E-state index contributed by atoms with van der Waals surface area (Å²) in [6.07, 6.45) is 1.71. The first-order chi connectivity index (χ1) is 7.49. The molecule has 1 rings (SSSR count). The molecular formula is C10H13N3O3. The van der Waals surface area contributed by atoms with Crippen molar-refractivity contribution in [3.63, 3.8) is 0 Å². The molecule has 0 bridgehead atoms. The second-order valence-electron chi connectivity index (χ2n) is 3.38. The molecule has 1 heterocycles. The summed E-state index contributed by atoms with van der Waals surface area (Å²) < 4.78 is 0. The minimum absolute atomic E-state index is 0.206. The van der Waals surface area contributed by atoms with Gasteiger partial charge >= 0.3 is 5.97 Å². The average Bonchev–Trinajstić information content (AvgIpc) is 2.20. The van der Waals surface area contributed by atoms with Gasteiger partial charge in [0, 0.05) is 13.1 Å². The fourth-order valence-corrected chi connectivity index (χ4v) is 1.14. The van der Waals surface area contributed by atoms with Crippen molar-refractivity contribution in [1.82, 2.24) is 4.98 Å². The number of anilines is 1. The Hall–Kier alpha value is -1.95. The average molecular weight is 223 g/mol. The van der Waals surface area contributed by atoms with Crippen molar-refractivity contribution < 1.29 is 14.7 Å². The maximum atomic E-state index is 10.7. The normalized spacial score (nSPS) is 11.9. The fourth-order valence-electron chi connectivity index (χ4n) is 1.14. The van der Waals surface area contributed by atoms with Gasteiger partial charge in [-0.3, -0.25) is 9.59 Å². The highest BCUT2D eigenvalue weighted by Gasteiger charge is 2.12. The van der Waals surface area contributed by atoms with Crippen LogP contribution in [0.3, 0.4) is 0 Å². The molecule has 1 amide bonds. The zero-order valence-corrected chi connectivity index (χ0v) is 8.80. The summed E-state index contributed by atoms with van der Waals surface area (Å²) >= 11 is 0. The van der Waals surface area contributed by atoms with Crippen molar-refractivity contribution in [3.8, 4) is 0 Å². The van der Waals surface area contributed by atoms with Crippen LogP contribution in [-0.4, -0.2) is 28.0 Å². The monoisotopic (exact) mass is 223 g/mol. The van der Waals surface area contributed by atoms with Gasteiger partial charge in [-0.2, -0.15) is 0 Å². The van der Waals surface area contributed by atoms with E-state index in [1.165, 1.54) is 13.1 Å². The highest BCUT2D eigenvalue weighted by atomic mass is 16.4. The minimum Gasteiger partial charge on any atom is -0.480 e. The molecule has 0 fully saturated rings.